The molecule has 7 heteroatoms. The zero-order chi connectivity index (χ0) is 13.0. The van der Waals surface area contributed by atoms with Gasteiger partial charge in [-0.1, -0.05) is 5.16 Å². The second-order valence-corrected chi connectivity index (χ2v) is 4.17. The highest BCUT2D eigenvalue weighted by atomic mass is 16.4. The van der Waals surface area contributed by atoms with Gasteiger partial charge in [-0.2, -0.15) is 10.2 Å². The van der Waals surface area contributed by atoms with Crippen LogP contribution in [0.5, 0.6) is 0 Å². The van der Waals surface area contributed by atoms with Gasteiger partial charge < -0.3 is 15.8 Å². The van der Waals surface area contributed by atoms with Gasteiger partial charge in [0.05, 0.1) is 24.0 Å². The Morgan fingerprint density at radius 2 is 2.33 bits per heavy atom. The minimum atomic E-state index is -0.343. The van der Waals surface area contributed by atoms with Crippen LogP contribution in [0.25, 0.3) is 0 Å². The van der Waals surface area contributed by atoms with Crippen LogP contribution in [0.15, 0.2) is 23.6 Å². The summed E-state index contributed by atoms with van der Waals surface area (Å²) in [5.74, 6) is -0.0914. The van der Waals surface area contributed by atoms with E-state index in [2.05, 4.69) is 15.4 Å². The molecule has 7 nitrogen and oxygen atoms in total. The van der Waals surface area contributed by atoms with Gasteiger partial charge in [-0.25, -0.2) is 0 Å². The minimum Gasteiger partial charge on any atom is -0.409 e. The molecule has 2 rings (SSSR count). The fourth-order valence-corrected chi connectivity index (χ4v) is 2.13. The SMILES string of the molecule is N/C(=N/O)C1CCCCN1C(=O)c1ccnnc1. The number of piperidine rings is 1. The van der Waals surface area contributed by atoms with Crippen molar-refractivity contribution in [2.45, 2.75) is 25.3 Å². The van der Waals surface area contributed by atoms with Crippen molar-refractivity contribution in [1.82, 2.24) is 15.1 Å². The van der Waals surface area contributed by atoms with Crippen LogP contribution in [0.3, 0.4) is 0 Å². The summed E-state index contributed by atoms with van der Waals surface area (Å²) in [6.07, 6.45) is 5.47. The lowest BCUT2D eigenvalue weighted by Gasteiger charge is -2.34. The van der Waals surface area contributed by atoms with Crippen LogP contribution in [0.1, 0.15) is 29.6 Å². The second-order valence-electron chi connectivity index (χ2n) is 4.17. The van der Waals surface area contributed by atoms with Crippen LogP contribution < -0.4 is 5.73 Å². The average Bonchev–Trinajstić information content (AvgIpc) is 2.46. The highest BCUT2D eigenvalue weighted by Gasteiger charge is 2.30. The predicted octanol–water partition coefficient (Wildman–Crippen LogP) is 0.218. The van der Waals surface area contributed by atoms with Crippen molar-refractivity contribution >= 4 is 11.7 Å². The quantitative estimate of drug-likeness (QED) is 0.337. The fraction of sp³-hybridized carbons (Fsp3) is 0.455. The molecule has 0 aromatic carbocycles. The molecular weight excluding hydrogens is 234 g/mol. The van der Waals surface area contributed by atoms with Crippen LogP contribution in [0, 0.1) is 0 Å². The number of aromatic nitrogens is 2. The predicted molar refractivity (Wildman–Crippen MR) is 64.1 cm³/mol. The lowest BCUT2D eigenvalue weighted by Crippen LogP contribution is -2.50. The Balaban J connectivity index is 2.22. The molecule has 3 N–H and O–H groups in total. The largest absolute Gasteiger partial charge is 0.409 e. The Labute approximate surface area is 104 Å². The molecule has 1 unspecified atom stereocenters. The second kappa shape index (κ2) is 5.44. The number of hydrogen-bond donors (Lipinski definition) is 2. The topological polar surface area (TPSA) is 105 Å². The number of nitrogens with two attached hydrogens (primary N) is 1. The van der Waals surface area contributed by atoms with Gasteiger partial charge in [0.25, 0.3) is 5.91 Å². The van der Waals surface area contributed by atoms with Crippen molar-refractivity contribution in [2.75, 3.05) is 6.54 Å². The normalized spacial score (nSPS) is 20.8. The number of oxime groups is 1. The van der Waals surface area contributed by atoms with E-state index in [4.69, 9.17) is 10.9 Å². The molecule has 18 heavy (non-hydrogen) atoms. The summed E-state index contributed by atoms with van der Waals surface area (Å²) in [5.41, 5.74) is 6.09. The Bertz CT molecular complexity index is 448. The first-order chi connectivity index (χ1) is 8.74. The molecule has 0 spiro atoms. The summed E-state index contributed by atoms with van der Waals surface area (Å²) in [6, 6.07) is 1.26. The number of rotatable bonds is 2. The first-order valence-corrected chi connectivity index (χ1v) is 5.79. The Kier molecular flexibility index (Phi) is 3.71. The van der Waals surface area contributed by atoms with Gasteiger partial charge in [-0.3, -0.25) is 4.79 Å². The number of amides is 1. The van der Waals surface area contributed by atoms with Gasteiger partial charge in [-0.05, 0) is 25.3 Å². The average molecular weight is 249 g/mol. The smallest absolute Gasteiger partial charge is 0.256 e. The van der Waals surface area contributed by atoms with Gasteiger partial charge in [0, 0.05) is 6.54 Å². The molecule has 1 aliphatic rings. The summed E-state index contributed by atoms with van der Waals surface area (Å²) in [5, 5.41) is 19.1. The van der Waals surface area contributed by atoms with Crippen molar-refractivity contribution in [1.29, 1.82) is 0 Å². The van der Waals surface area contributed by atoms with Gasteiger partial charge in [-0.15, -0.1) is 0 Å². The van der Waals surface area contributed by atoms with E-state index < -0.39 is 0 Å². The molecule has 0 aliphatic carbocycles. The molecule has 1 saturated heterocycles. The summed E-state index contributed by atoms with van der Waals surface area (Å²) < 4.78 is 0. The molecule has 0 bridgehead atoms. The molecular formula is C11H15N5O2. The number of nitrogens with zero attached hydrogens (tertiary/aromatic N) is 4. The highest BCUT2D eigenvalue weighted by molar-refractivity contribution is 5.98. The standard InChI is InChI=1S/C11H15N5O2/c12-10(15-18)9-3-1-2-6-16(9)11(17)8-4-5-13-14-7-8/h4-5,7,9,18H,1-3,6H2,(H2,12,15). The monoisotopic (exact) mass is 249 g/mol. The van der Waals surface area contributed by atoms with E-state index in [0.29, 0.717) is 18.5 Å². The van der Waals surface area contributed by atoms with Crippen LogP contribution in [-0.4, -0.2) is 44.6 Å². The van der Waals surface area contributed by atoms with E-state index in [9.17, 15) is 4.79 Å². The van der Waals surface area contributed by atoms with Crippen molar-refractivity contribution in [3.05, 3.63) is 24.0 Å². The number of amidine groups is 1. The number of hydrogen-bond acceptors (Lipinski definition) is 5. The molecule has 96 valence electrons. The first kappa shape index (κ1) is 12.3. The van der Waals surface area contributed by atoms with Gasteiger partial charge in [0.15, 0.2) is 5.84 Å². The van der Waals surface area contributed by atoms with Crippen LogP contribution in [0.2, 0.25) is 0 Å². The van der Waals surface area contributed by atoms with Crippen molar-refractivity contribution in [3.8, 4) is 0 Å². The maximum absolute atomic E-state index is 12.3. The number of carbonyl (C=O) groups is 1. The van der Waals surface area contributed by atoms with Gasteiger partial charge in [0.2, 0.25) is 0 Å². The molecule has 1 aliphatic heterocycles. The van der Waals surface area contributed by atoms with Gasteiger partial charge >= 0.3 is 0 Å². The van der Waals surface area contributed by atoms with E-state index in [1.54, 1.807) is 11.0 Å². The van der Waals surface area contributed by atoms with Crippen LogP contribution in [0.4, 0.5) is 0 Å². The fourth-order valence-electron chi connectivity index (χ4n) is 2.13. The molecule has 1 aromatic rings. The maximum atomic E-state index is 12.3. The molecule has 0 saturated carbocycles. The van der Waals surface area contributed by atoms with Crippen LogP contribution >= 0.6 is 0 Å². The number of carbonyl (C=O) groups excluding carboxylic acids is 1. The van der Waals surface area contributed by atoms with E-state index >= 15 is 0 Å². The van der Waals surface area contributed by atoms with Gasteiger partial charge in [0.1, 0.15) is 0 Å². The summed E-state index contributed by atoms with van der Waals surface area (Å²) in [7, 11) is 0. The molecule has 0 radical (unpaired) electrons. The third-order valence-electron chi connectivity index (χ3n) is 3.05. The summed E-state index contributed by atoms with van der Waals surface area (Å²) in [4.78, 5) is 13.9. The lowest BCUT2D eigenvalue weighted by molar-refractivity contribution is 0.0676. The van der Waals surface area contributed by atoms with Crippen molar-refractivity contribution in [3.63, 3.8) is 0 Å². The van der Waals surface area contributed by atoms with E-state index in [1.165, 1.54) is 12.4 Å². The van der Waals surface area contributed by atoms with E-state index in [1.807, 2.05) is 0 Å². The Morgan fingerprint density at radius 1 is 1.50 bits per heavy atom. The van der Waals surface area contributed by atoms with Crippen molar-refractivity contribution in [2.24, 2.45) is 10.9 Å². The van der Waals surface area contributed by atoms with Crippen LogP contribution in [-0.2, 0) is 0 Å². The first-order valence-electron chi connectivity index (χ1n) is 5.79. The zero-order valence-electron chi connectivity index (χ0n) is 9.86. The molecule has 1 amide bonds. The lowest BCUT2D eigenvalue weighted by atomic mass is 10.0. The number of likely N-dealkylation sites (tertiary alicyclic amines) is 1. The maximum Gasteiger partial charge on any atom is 0.256 e. The molecule has 1 atom stereocenters. The third-order valence-corrected chi connectivity index (χ3v) is 3.05. The minimum absolute atomic E-state index is 0.0741. The van der Waals surface area contributed by atoms with E-state index in [-0.39, 0.29) is 17.8 Å². The Hall–Kier alpha value is -2.18. The molecule has 1 aromatic heterocycles. The summed E-state index contributed by atoms with van der Waals surface area (Å²) >= 11 is 0. The molecule has 2 heterocycles. The third kappa shape index (κ3) is 2.39. The molecule has 1 fully saturated rings. The van der Waals surface area contributed by atoms with E-state index in [0.717, 1.165) is 12.8 Å². The Morgan fingerprint density at radius 3 is 3.00 bits per heavy atom. The summed E-state index contributed by atoms with van der Waals surface area (Å²) in [6.45, 7) is 0.599. The van der Waals surface area contributed by atoms with Crippen molar-refractivity contribution < 1.29 is 10.0 Å². The zero-order valence-corrected chi connectivity index (χ0v) is 9.86. The highest BCUT2D eigenvalue weighted by Crippen LogP contribution is 2.19.